The highest BCUT2D eigenvalue weighted by Gasteiger charge is 2.19. The van der Waals surface area contributed by atoms with Crippen LogP contribution in [0.3, 0.4) is 0 Å². The number of carbonyl (C=O) groups is 3. The van der Waals surface area contributed by atoms with Crippen LogP contribution >= 0.6 is 0 Å². The summed E-state index contributed by atoms with van der Waals surface area (Å²) in [6, 6.07) is 0. The van der Waals surface area contributed by atoms with Gasteiger partial charge in [-0.25, -0.2) is 0 Å². The van der Waals surface area contributed by atoms with E-state index in [-0.39, 0.29) is 31.1 Å². The third-order valence-corrected chi connectivity index (χ3v) is 14.2. The number of unbranched alkanes of at least 4 members (excludes halogenated alkanes) is 36. The molecule has 75 heavy (non-hydrogen) atoms. The molecule has 0 aliphatic rings. The van der Waals surface area contributed by atoms with Crippen molar-refractivity contribution >= 4 is 17.9 Å². The standard InChI is InChI=1S/C69H122O6/c1-4-7-10-13-16-19-22-25-27-29-31-33-34-36-37-39-41-44-47-50-53-56-59-62-68(71)74-65-66(64-73-67(70)61-58-55-52-49-46-43-24-21-18-15-12-9-6-3)75-69(72)63-60-57-54-51-48-45-42-40-38-35-32-30-28-26-23-20-17-14-11-8-5-2/h7,10,16,19,25,27,31,33,36-37,41,44,66H,4-6,8-9,11-15,17-18,20-24,26,28-30,32,34-35,38-40,42-43,45-65H2,1-3H3/b10-7-,19-16-,27-25-,33-31-,37-36-,44-41-. The number of rotatable bonds is 59. The van der Waals surface area contributed by atoms with Gasteiger partial charge in [-0.1, -0.05) is 312 Å². The average molecular weight is 1050 g/mol. The van der Waals surface area contributed by atoms with E-state index in [1.807, 2.05) is 0 Å². The maximum absolute atomic E-state index is 12.9. The highest BCUT2D eigenvalue weighted by atomic mass is 16.6. The number of esters is 3. The van der Waals surface area contributed by atoms with Crippen LogP contribution in [-0.4, -0.2) is 37.2 Å². The highest BCUT2D eigenvalue weighted by Crippen LogP contribution is 2.17. The summed E-state index contributed by atoms with van der Waals surface area (Å²) in [5, 5.41) is 0. The van der Waals surface area contributed by atoms with Gasteiger partial charge in [-0.2, -0.15) is 0 Å². The molecule has 0 spiro atoms. The van der Waals surface area contributed by atoms with Crippen LogP contribution in [0, 0.1) is 0 Å². The lowest BCUT2D eigenvalue weighted by molar-refractivity contribution is -0.167. The number of hydrogen-bond donors (Lipinski definition) is 0. The van der Waals surface area contributed by atoms with Gasteiger partial charge in [0.15, 0.2) is 6.10 Å². The molecule has 0 aromatic carbocycles. The third kappa shape index (κ3) is 61.6. The molecule has 0 saturated carbocycles. The summed E-state index contributed by atoms with van der Waals surface area (Å²) in [7, 11) is 0. The molecule has 6 nitrogen and oxygen atoms in total. The van der Waals surface area contributed by atoms with Crippen LogP contribution in [0.15, 0.2) is 72.9 Å². The van der Waals surface area contributed by atoms with E-state index >= 15 is 0 Å². The topological polar surface area (TPSA) is 78.9 Å². The molecule has 0 aromatic heterocycles. The monoisotopic (exact) mass is 1050 g/mol. The Balaban J connectivity index is 4.35. The second kappa shape index (κ2) is 63.4. The van der Waals surface area contributed by atoms with Crippen LogP contribution in [0.1, 0.15) is 329 Å². The molecule has 0 aliphatic heterocycles. The van der Waals surface area contributed by atoms with Crippen molar-refractivity contribution in [1.82, 2.24) is 0 Å². The van der Waals surface area contributed by atoms with Gasteiger partial charge in [0.2, 0.25) is 0 Å². The molecular weight excluding hydrogens is 925 g/mol. The predicted molar refractivity (Wildman–Crippen MR) is 325 cm³/mol. The number of carbonyl (C=O) groups excluding carboxylic acids is 3. The first-order chi connectivity index (χ1) is 37.0. The summed E-state index contributed by atoms with van der Waals surface area (Å²) in [6.07, 6.45) is 81.9. The quantitative estimate of drug-likeness (QED) is 0.0261. The molecular formula is C69H122O6. The van der Waals surface area contributed by atoms with Crippen molar-refractivity contribution in [3.8, 4) is 0 Å². The van der Waals surface area contributed by atoms with E-state index in [0.29, 0.717) is 19.3 Å². The summed E-state index contributed by atoms with van der Waals surface area (Å²) in [5.74, 6) is -0.886. The molecule has 0 bridgehead atoms. The van der Waals surface area contributed by atoms with E-state index in [1.54, 1.807) is 0 Å². The summed E-state index contributed by atoms with van der Waals surface area (Å²) in [6.45, 7) is 6.55. The summed E-state index contributed by atoms with van der Waals surface area (Å²) < 4.78 is 16.9. The van der Waals surface area contributed by atoms with Crippen LogP contribution in [0.4, 0.5) is 0 Å². The second-order valence-electron chi connectivity index (χ2n) is 21.7. The summed E-state index contributed by atoms with van der Waals surface area (Å²) >= 11 is 0. The maximum Gasteiger partial charge on any atom is 0.306 e. The average Bonchev–Trinajstić information content (AvgIpc) is 3.41. The Morgan fingerprint density at radius 2 is 0.520 bits per heavy atom. The first-order valence-electron chi connectivity index (χ1n) is 32.4. The van der Waals surface area contributed by atoms with E-state index in [2.05, 4.69) is 93.7 Å². The second-order valence-corrected chi connectivity index (χ2v) is 21.7. The van der Waals surface area contributed by atoms with E-state index in [4.69, 9.17) is 14.2 Å². The molecule has 0 aromatic rings. The minimum absolute atomic E-state index is 0.0792. The molecule has 0 saturated heterocycles. The Kier molecular flexibility index (Phi) is 60.7. The Bertz CT molecular complexity index is 1390. The molecule has 0 aliphatic carbocycles. The highest BCUT2D eigenvalue weighted by molar-refractivity contribution is 5.71. The van der Waals surface area contributed by atoms with Gasteiger partial charge >= 0.3 is 17.9 Å². The summed E-state index contributed by atoms with van der Waals surface area (Å²) in [4.78, 5) is 38.3. The van der Waals surface area contributed by atoms with Crippen LogP contribution in [0.2, 0.25) is 0 Å². The lowest BCUT2D eigenvalue weighted by Gasteiger charge is -2.18. The fraction of sp³-hybridized carbons (Fsp3) is 0.783. The van der Waals surface area contributed by atoms with Gasteiger partial charge in [0.05, 0.1) is 0 Å². The van der Waals surface area contributed by atoms with Crippen LogP contribution in [0.5, 0.6) is 0 Å². The van der Waals surface area contributed by atoms with Crippen LogP contribution in [-0.2, 0) is 28.6 Å². The minimum atomic E-state index is -0.784. The Hall–Kier alpha value is -3.15. The van der Waals surface area contributed by atoms with Crippen molar-refractivity contribution in [2.45, 2.75) is 335 Å². The largest absolute Gasteiger partial charge is 0.462 e. The van der Waals surface area contributed by atoms with Crippen molar-refractivity contribution < 1.29 is 28.6 Å². The zero-order chi connectivity index (χ0) is 54.3. The lowest BCUT2D eigenvalue weighted by atomic mass is 10.0. The van der Waals surface area contributed by atoms with Gasteiger partial charge in [0.1, 0.15) is 13.2 Å². The molecule has 0 heterocycles. The van der Waals surface area contributed by atoms with E-state index in [9.17, 15) is 14.4 Å². The van der Waals surface area contributed by atoms with Crippen molar-refractivity contribution in [3.63, 3.8) is 0 Å². The molecule has 0 fully saturated rings. The normalized spacial score (nSPS) is 12.5. The fourth-order valence-electron chi connectivity index (χ4n) is 9.39. The molecule has 6 heteroatoms. The van der Waals surface area contributed by atoms with Gasteiger partial charge in [0.25, 0.3) is 0 Å². The van der Waals surface area contributed by atoms with Gasteiger partial charge < -0.3 is 14.2 Å². The number of ether oxygens (including phenoxy) is 3. The Labute approximate surface area is 465 Å². The number of hydrogen-bond acceptors (Lipinski definition) is 6. The molecule has 1 atom stereocenters. The van der Waals surface area contributed by atoms with Crippen molar-refractivity contribution in [2.24, 2.45) is 0 Å². The molecule has 0 rings (SSSR count). The zero-order valence-electron chi connectivity index (χ0n) is 49.8. The molecule has 0 N–H and O–H groups in total. The van der Waals surface area contributed by atoms with Crippen LogP contribution in [0.25, 0.3) is 0 Å². The predicted octanol–water partition coefficient (Wildman–Crippen LogP) is 22.1. The fourth-order valence-corrected chi connectivity index (χ4v) is 9.39. The van der Waals surface area contributed by atoms with Crippen molar-refractivity contribution in [3.05, 3.63) is 72.9 Å². The summed E-state index contributed by atoms with van der Waals surface area (Å²) in [5.41, 5.74) is 0. The van der Waals surface area contributed by atoms with Gasteiger partial charge in [-0.3, -0.25) is 14.4 Å². The van der Waals surface area contributed by atoms with Crippen molar-refractivity contribution in [1.29, 1.82) is 0 Å². The number of allylic oxidation sites excluding steroid dienone is 12. The first-order valence-corrected chi connectivity index (χ1v) is 32.4. The Morgan fingerprint density at radius 3 is 0.813 bits per heavy atom. The SMILES string of the molecule is CC/C=C\C/C=C\C/C=C\C/C=C\C/C=C\C/C=C\CCCCCCC(=O)OCC(COC(=O)CCCCCCCCCCCCCCC)OC(=O)CCCCCCCCCCCCCCCCCCCCCCC. The van der Waals surface area contributed by atoms with Crippen LogP contribution < -0.4 is 0 Å². The van der Waals surface area contributed by atoms with Crippen molar-refractivity contribution in [2.75, 3.05) is 13.2 Å². The first kappa shape index (κ1) is 71.8. The molecule has 0 amide bonds. The van der Waals surface area contributed by atoms with E-state index in [1.165, 1.54) is 180 Å². The minimum Gasteiger partial charge on any atom is -0.462 e. The van der Waals surface area contributed by atoms with E-state index in [0.717, 1.165) is 109 Å². The van der Waals surface area contributed by atoms with Gasteiger partial charge in [0, 0.05) is 19.3 Å². The zero-order valence-corrected chi connectivity index (χ0v) is 49.8. The Morgan fingerprint density at radius 1 is 0.280 bits per heavy atom. The van der Waals surface area contributed by atoms with Gasteiger partial charge in [-0.05, 0) is 70.6 Å². The molecule has 0 radical (unpaired) electrons. The maximum atomic E-state index is 12.9. The molecule has 1 unspecified atom stereocenters. The van der Waals surface area contributed by atoms with Gasteiger partial charge in [-0.15, -0.1) is 0 Å². The smallest absolute Gasteiger partial charge is 0.306 e. The third-order valence-electron chi connectivity index (χ3n) is 14.2. The van der Waals surface area contributed by atoms with E-state index < -0.39 is 6.10 Å². The lowest BCUT2D eigenvalue weighted by Crippen LogP contribution is -2.30. The molecule has 434 valence electrons.